The fourth-order valence-corrected chi connectivity index (χ4v) is 3.39. The molecule has 1 aromatic heterocycles. The third-order valence-corrected chi connectivity index (χ3v) is 5.02. The molecule has 0 saturated carbocycles. The minimum absolute atomic E-state index is 0.246. The SMILES string of the molecule is CC1=C(C(=O)Nc2cc(Cl)ccc2C(=O)NCc2ccco2)SCCO1. The van der Waals surface area contributed by atoms with Gasteiger partial charge in [-0.1, -0.05) is 11.6 Å². The van der Waals surface area contributed by atoms with Gasteiger partial charge in [0.15, 0.2) is 0 Å². The lowest BCUT2D eigenvalue weighted by Gasteiger charge is -2.18. The Hall–Kier alpha value is -2.38. The van der Waals surface area contributed by atoms with E-state index in [9.17, 15) is 9.59 Å². The zero-order valence-corrected chi connectivity index (χ0v) is 15.6. The molecule has 3 rings (SSSR count). The Labute approximate surface area is 159 Å². The van der Waals surface area contributed by atoms with Gasteiger partial charge in [-0.25, -0.2) is 0 Å². The van der Waals surface area contributed by atoms with Gasteiger partial charge in [0.05, 0.1) is 30.7 Å². The van der Waals surface area contributed by atoms with Gasteiger partial charge >= 0.3 is 0 Å². The normalized spacial score (nSPS) is 13.9. The van der Waals surface area contributed by atoms with Crippen LogP contribution in [0.1, 0.15) is 23.0 Å². The molecule has 0 fully saturated rings. The molecule has 0 unspecified atom stereocenters. The first-order chi connectivity index (χ1) is 12.5. The van der Waals surface area contributed by atoms with Gasteiger partial charge in [-0.3, -0.25) is 9.59 Å². The minimum Gasteiger partial charge on any atom is -0.496 e. The highest BCUT2D eigenvalue weighted by molar-refractivity contribution is 8.04. The summed E-state index contributed by atoms with van der Waals surface area (Å²) in [5.41, 5.74) is 0.653. The highest BCUT2D eigenvalue weighted by Crippen LogP contribution is 2.28. The van der Waals surface area contributed by atoms with E-state index < -0.39 is 0 Å². The van der Waals surface area contributed by atoms with E-state index in [0.29, 0.717) is 45.1 Å². The number of thioether (sulfide) groups is 1. The van der Waals surface area contributed by atoms with Gasteiger partial charge in [0.1, 0.15) is 16.4 Å². The number of halogens is 1. The van der Waals surface area contributed by atoms with Crippen molar-refractivity contribution < 1.29 is 18.7 Å². The van der Waals surface area contributed by atoms with E-state index in [0.717, 1.165) is 0 Å². The largest absolute Gasteiger partial charge is 0.496 e. The second kappa shape index (κ2) is 8.33. The molecule has 1 aromatic carbocycles. The monoisotopic (exact) mass is 392 g/mol. The lowest BCUT2D eigenvalue weighted by atomic mass is 10.1. The molecule has 0 spiro atoms. The van der Waals surface area contributed by atoms with Crippen LogP contribution in [0, 0.1) is 0 Å². The average molecular weight is 393 g/mol. The molecule has 1 aliphatic rings. The molecule has 0 radical (unpaired) electrons. The average Bonchev–Trinajstić information content (AvgIpc) is 3.13. The second-order valence-electron chi connectivity index (χ2n) is 5.49. The molecule has 2 aromatic rings. The zero-order chi connectivity index (χ0) is 18.5. The summed E-state index contributed by atoms with van der Waals surface area (Å²) in [5, 5.41) is 5.93. The molecule has 6 nitrogen and oxygen atoms in total. The highest BCUT2D eigenvalue weighted by Gasteiger charge is 2.21. The third kappa shape index (κ3) is 4.42. The first-order valence-corrected chi connectivity index (χ1v) is 9.29. The van der Waals surface area contributed by atoms with Crippen LogP contribution in [0.5, 0.6) is 0 Å². The van der Waals surface area contributed by atoms with Crippen molar-refractivity contribution in [3.63, 3.8) is 0 Å². The molecule has 136 valence electrons. The molecule has 0 aliphatic carbocycles. The smallest absolute Gasteiger partial charge is 0.265 e. The van der Waals surface area contributed by atoms with Crippen molar-refractivity contribution in [1.82, 2.24) is 5.32 Å². The van der Waals surface area contributed by atoms with Crippen molar-refractivity contribution in [2.24, 2.45) is 0 Å². The topological polar surface area (TPSA) is 80.6 Å². The number of allylic oxidation sites excluding steroid dienone is 1. The molecule has 0 atom stereocenters. The number of carbonyl (C=O) groups is 2. The predicted octanol–water partition coefficient (Wildman–Crippen LogP) is 3.80. The van der Waals surface area contributed by atoms with Gasteiger partial charge in [-0.15, -0.1) is 11.8 Å². The molecule has 2 N–H and O–H groups in total. The van der Waals surface area contributed by atoms with Crippen LogP contribution in [0.25, 0.3) is 0 Å². The molecule has 8 heteroatoms. The Morgan fingerprint density at radius 2 is 2.12 bits per heavy atom. The number of carbonyl (C=O) groups excluding carboxylic acids is 2. The van der Waals surface area contributed by atoms with Gasteiger partial charge in [-0.05, 0) is 37.3 Å². The van der Waals surface area contributed by atoms with E-state index >= 15 is 0 Å². The number of ether oxygens (including phenoxy) is 1. The van der Waals surface area contributed by atoms with Crippen molar-refractivity contribution in [3.8, 4) is 0 Å². The van der Waals surface area contributed by atoms with Crippen LogP contribution >= 0.6 is 23.4 Å². The number of anilines is 1. The molecule has 0 bridgehead atoms. The molecular weight excluding hydrogens is 376 g/mol. The number of amides is 2. The maximum absolute atomic E-state index is 12.5. The lowest BCUT2D eigenvalue weighted by molar-refractivity contribution is -0.112. The number of hydrogen-bond donors (Lipinski definition) is 2. The summed E-state index contributed by atoms with van der Waals surface area (Å²) in [7, 11) is 0. The summed E-state index contributed by atoms with van der Waals surface area (Å²) in [6.45, 7) is 2.57. The molecule has 1 aliphatic heterocycles. The Kier molecular flexibility index (Phi) is 5.90. The lowest BCUT2D eigenvalue weighted by Crippen LogP contribution is -2.25. The van der Waals surface area contributed by atoms with Crippen molar-refractivity contribution in [2.45, 2.75) is 13.5 Å². The predicted molar refractivity (Wildman–Crippen MR) is 101 cm³/mol. The van der Waals surface area contributed by atoms with Crippen molar-refractivity contribution in [2.75, 3.05) is 17.7 Å². The van der Waals surface area contributed by atoms with Crippen LogP contribution in [-0.4, -0.2) is 24.2 Å². The Morgan fingerprint density at radius 1 is 1.27 bits per heavy atom. The maximum atomic E-state index is 12.5. The van der Waals surface area contributed by atoms with E-state index in [1.54, 1.807) is 37.3 Å². The fraction of sp³-hybridized carbons (Fsp3) is 0.222. The number of hydrogen-bond acceptors (Lipinski definition) is 5. The van der Waals surface area contributed by atoms with E-state index in [1.165, 1.54) is 18.0 Å². The van der Waals surface area contributed by atoms with E-state index in [-0.39, 0.29) is 18.4 Å². The van der Waals surface area contributed by atoms with Gasteiger partial charge in [0.25, 0.3) is 11.8 Å². The molecular formula is C18H17ClN2O4S. The first-order valence-electron chi connectivity index (χ1n) is 7.92. The van der Waals surface area contributed by atoms with Gasteiger partial charge < -0.3 is 19.8 Å². The standard InChI is InChI=1S/C18H17ClN2O4S/c1-11-16(26-8-7-24-11)18(23)21-15-9-12(19)4-5-14(15)17(22)20-10-13-3-2-6-25-13/h2-6,9H,7-8,10H2,1H3,(H,20,22)(H,21,23). The number of benzene rings is 1. The second-order valence-corrected chi connectivity index (χ2v) is 7.03. The summed E-state index contributed by atoms with van der Waals surface area (Å²) in [6.07, 6.45) is 1.54. The van der Waals surface area contributed by atoms with Crippen LogP contribution in [0.15, 0.2) is 51.7 Å². The van der Waals surface area contributed by atoms with Gasteiger partial charge in [0, 0.05) is 10.8 Å². The van der Waals surface area contributed by atoms with Crippen LogP contribution in [-0.2, 0) is 16.1 Å². The molecule has 0 saturated heterocycles. The van der Waals surface area contributed by atoms with Crippen LogP contribution in [0.4, 0.5) is 5.69 Å². The summed E-state index contributed by atoms with van der Waals surface area (Å²) in [4.78, 5) is 25.6. The van der Waals surface area contributed by atoms with E-state index in [1.807, 2.05) is 0 Å². The van der Waals surface area contributed by atoms with Crippen molar-refractivity contribution in [1.29, 1.82) is 0 Å². The van der Waals surface area contributed by atoms with Crippen molar-refractivity contribution >= 4 is 40.9 Å². The summed E-state index contributed by atoms with van der Waals surface area (Å²) < 4.78 is 10.6. The minimum atomic E-state index is -0.341. The van der Waals surface area contributed by atoms with Crippen LogP contribution < -0.4 is 10.6 Å². The number of furan rings is 1. The third-order valence-electron chi connectivity index (χ3n) is 3.65. The zero-order valence-electron chi connectivity index (χ0n) is 14.0. The first kappa shape index (κ1) is 18.4. The number of nitrogens with one attached hydrogen (secondary N) is 2. The Morgan fingerprint density at radius 3 is 2.85 bits per heavy atom. The quantitative estimate of drug-likeness (QED) is 0.809. The van der Waals surface area contributed by atoms with Crippen LogP contribution in [0.2, 0.25) is 5.02 Å². The van der Waals surface area contributed by atoms with E-state index in [2.05, 4.69) is 10.6 Å². The Bertz CT molecular complexity index is 849. The van der Waals surface area contributed by atoms with Crippen LogP contribution in [0.3, 0.4) is 0 Å². The Balaban J connectivity index is 1.77. The van der Waals surface area contributed by atoms with Gasteiger partial charge in [0.2, 0.25) is 0 Å². The molecule has 26 heavy (non-hydrogen) atoms. The summed E-state index contributed by atoms with van der Waals surface area (Å²) in [5.74, 6) is 1.24. The summed E-state index contributed by atoms with van der Waals surface area (Å²) >= 11 is 7.46. The summed E-state index contributed by atoms with van der Waals surface area (Å²) in [6, 6.07) is 8.23. The highest BCUT2D eigenvalue weighted by atomic mass is 35.5. The fourth-order valence-electron chi connectivity index (χ4n) is 2.40. The number of rotatable bonds is 5. The molecule has 2 heterocycles. The molecule has 2 amide bonds. The van der Waals surface area contributed by atoms with Gasteiger partial charge in [-0.2, -0.15) is 0 Å². The van der Waals surface area contributed by atoms with E-state index in [4.69, 9.17) is 20.8 Å². The maximum Gasteiger partial charge on any atom is 0.265 e. The van der Waals surface area contributed by atoms with Crippen molar-refractivity contribution in [3.05, 3.63) is 63.6 Å².